The van der Waals surface area contributed by atoms with Crippen molar-refractivity contribution in [2.75, 3.05) is 26.2 Å². The van der Waals surface area contributed by atoms with E-state index in [1.807, 2.05) is 24.3 Å². The summed E-state index contributed by atoms with van der Waals surface area (Å²) in [5.41, 5.74) is 0.261. The minimum atomic E-state index is -0.475. The Labute approximate surface area is 204 Å². The van der Waals surface area contributed by atoms with Crippen molar-refractivity contribution in [3.63, 3.8) is 0 Å². The first-order valence-electron chi connectivity index (χ1n) is 12.1. The number of amides is 2. The van der Waals surface area contributed by atoms with E-state index in [1.165, 1.54) is 4.88 Å². The smallest absolute Gasteiger partial charge is 0.258 e. The minimum Gasteiger partial charge on any atom is -0.506 e. The van der Waals surface area contributed by atoms with E-state index in [2.05, 4.69) is 27.7 Å². The summed E-state index contributed by atoms with van der Waals surface area (Å²) in [4.78, 5) is 31.8. The summed E-state index contributed by atoms with van der Waals surface area (Å²) in [7, 11) is 0. The fraction of sp³-hybridized carbons (Fsp3) is 0.407. The van der Waals surface area contributed by atoms with E-state index in [4.69, 9.17) is 0 Å². The lowest BCUT2D eigenvalue weighted by Gasteiger charge is -2.32. The average molecular weight is 478 g/mol. The highest BCUT2D eigenvalue weighted by atomic mass is 32.1. The molecule has 2 aromatic carbocycles. The molecule has 2 amide bonds. The highest BCUT2D eigenvalue weighted by molar-refractivity contribution is 7.09. The normalized spacial score (nSPS) is 19.5. The van der Waals surface area contributed by atoms with Crippen molar-refractivity contribution in [3.05, 3.63) is 64.4 Å². The fourth-order valence-electron chi connectivity index (χ4n) is 5.20. The van der Waals surface area contributed by atoms with Gasteiger partial charge in [-0.25, -0.2) is 0 Å². The number of hydrogen-bond donors (Lipinski definition) is 2. The molecule has 0 spiro atoms. The Balaban J connectivity index is 1.16. The zero-order valence-electron chi connectivity index (χ0n) is 19.3. The molecule has 7 heteroatoms. The van der Waals surface area contributed by atoms with Gasteiger partial charge in [-0.2, -0.15) is 0 Å². The number of piperidine rings is 1. The van der Waals surface area contributed by atoms with Crippen molar-refractivity contribution in [2.24, 2.45) is 5.92 Å². The summed E-state index contributed by atoms with van der Waals surface area (Å²) in [6, 6.07) is 14.8. The number of benzene rings is 2. The third-order valence-electron chi connectivity index (χ3n) is 7.18. The van der Waals surface area contributed by atoms with Gasteiger partial charge in [-0.15, -0.1) is 11.3 Å². The molecule has 0 bridgehead atoms. The molecule has 3 aromatic rings. The number of phenols is 1. The van der Waals surface area contributed by atoms with Crippen LogP contribution in [0.25, 0.3) is 10.8 Å². The van der Waals surface area contributed by atoms with Crippen LogP contribution in [0, 0.1) is 5.92 Å². The topological polar surface area (TPSA) is 72.9 Å². The van der Waals surface area contributed by atoms with E-state index < -0.39 is 6.04 Å². The molecule has 2 N–H and O–H groups in total. The lowest BCUT2D eigenvalue weighted by atomic mass is 9.96. The van der Waals surface area contributed by atoms with Gasteiger partial charge in [0, 0.05) is 29.9 Å². The van der Waals surface area contributed by atoms with E-state index >= 15 is 0 Å². The first-order chi connectivity index (χ1) is 16.6. The molecule has 5 rings (SSSR count). The average Bonchev–Trinajstić information content (AvgIpc) is 3.56. The van der Waals surface area contributed by atoms with Crippen molar-refractivity contribution in [1.82, 2.24) is 15.1 Å². The second-order valence-corrected chi connectivity index (χ2v) is 10.4. The lowest BCUT2D eigenvalue weighted by molar-refractivity contribution is -0.125. The van der Waals surface area contributed by atoms with Crippen molar-refractivity contribution in [3.8, 4) is 5.75 Å². The molecule has 6 nitrogen and oxygen atoms in total. The molecule has 2 aliphatic heterocycles. The van der Waals surface area contributed by atoms with Crippen LogP contribution in [0.2, 0.25) is 0 Å². The predicted molar refractivity (Wildman–Crippen MR) is 135 cm³/mol. The Morgan fingerprint density at radius 2 is 1.82 bits per heavy atom. The molecule has 3 heterocycles. The van der Waals surface area contributed by atoms with Crippen LogP contribution in [0.5, 0.6) is 5.75 Å². The van der Waals surface area contributed by atoms with Gasteiger partial charge in [-0.05, 0) is 67.6 Å². The molecule has 2 fully saturated rings. The van der Waals surface area contributed by atoms with Gasteiger partial charge in [0.2, 0.25) is 5.91 Å². The van der Waals surface area contributed by atoms with Gasteiger partial charge in [0.15, 0.2) is 0 Å². The Kier molecular flexibility index (Phi) is 6.83. The Morgan fingerprint density at radius 1 is 1.00 bits per heavy atom. The molecule has 34 heavy (non-hydrogen) atoms. The fourth-order valence-corrected chi connectivity index (χ4v) is 5.95. The highest BCUT2D eigenvalue weighted by Gasteiger charge is 2.35. The quantitative estimate of drug-likeness (QED) is 0.557. The summed E-state index contributed by atoms with van der Waals surface area (Å²) < 4.78 is 0. The number of nitrogens with one attached hydrogen (secondary N) is 1. The maximum Gasteiger partial charge on any atom is 0.258 e. The van der Waals surface area contributed by atoms with E-state index in [1.54, 1.807) is 28.4 Å². The van der Waals surface area contributed by atoms with E-state index in [0.717, 1.165) is 44.3 Å². The molecule has 1 atom stereocenters. The van der Waals surface area contributed by atoms with Crippen molar-refractivity contribution in [1.29, 1.82) is 0 Å². The number of hydrogen-bond acceptors (Lipinski definition) is 5. The maximum absolute atomic E-state index is 13.3. The van der Waals surface area contributed by atoms with E-state index in [9.17, 15) is 14.7 Å². The number of phenolic OH excluding ortho intramolecular Hbond substituents is 1. The molecule has 1 aromatic heterocycles. The first kappa shape index (κ1) is 22.9. The standard InChI is InChI=1S/C27H31N3O3S/c31-25-22-7-2-1-5-20(22)9-10-23(25)27(33)30-13-3-8-24(30)26(32)28-17-19-11-14-29(15-12-19)18-21-6-4-16-34-21/h1-2,4-7,9-10,16,19,24,31H,3,8,11-15,17-18H2,(H,28,32). The van der Waals surface area contributed by atoms with E-state index in [-0.39, 0.29) is 23.1 Å². The van der Waals surface area contributed by atoms with Crippen LogP contribution in [0.1, 0.15) is 40.9 Å². The zero-order chi connectivity index (χ0) is 23.5. The highest BCUT2D eigenvalue weighted by Crippen LogP contribution is 2.31. The number of likely N-dealkylation sites (tertiary alicyclic amines) is 2. The lowest BCUT2D eigenvalue weighted by Crippen LogP contribution is -2.47. The molecule has 2 saturated heterocycles. The Bertz CT molecular complexity index is 1160. The number of carbonyl (C=O) groups is 2. The number of rotatable bonds is 6. The number of nitrogens with zero attached hydrogens (tertiary/aromatic N) is 2. The van der Waals surface area contributed by atoms with Gasteiger partial charge in [0.05, 0.1) is 5.56 Å². The summed E-state index contributed by atoms with van der Waals surface area (Å²) in [5, 5.41) is 17.5. The van der Waals surface area contributed by atoms with Gasteiger partial charge in [0.1, 0.15) is 11.8 Å². The van der Waals surface area contributed by atoms with Crippen LogP contribution in [-0.2, 0) is 11.3 Å². The molecule has 2 aliphatic rings. The van der Waals surface area contributed by atoms with Crippen LogP contribution in [0.4, 0.5) is 0 Å². The third kappa shape index (κ3) is 4.81. The first-order valence-corrected chi connectivity index (χ1v) is 13.0. The third-order valence-corrected chi connectivity index (χ3v) is 8.04. The van der Waals surface area contributed by atoms with Gasteiger partial charge in [0.25, 0.3) is 5.91 Å². The van der Waals surface area contributed by atoms with Gasteiger partial charge in [-0.3, -0.25) is 14.5 Å². The summed E-state index contributed by atoms with van der Waals surface area (Å²) in [5.74, 6) is 0.108. The summed E-state index contributed by atoms with van der Waals surface area (Å²) in [6.45, 7) is 4.30. The molecule has 0 aliphatic carbocycles. The summed E-state index contributed by atoms with van der Waals surface area (Å²) in [6.07, 6.45) is 3.60. The van der Waals surface area contributed by atoms with Crippen LogP contribution < -0.4 is 5.32 Å². The molecule has 178 valence electrons. The number of carbonyl (C=O) groups excluding carboxylic acids is 2. The van der Waals surface area contributed by atoms with Crippen molar-refractivity contribution >= 4 is 33.9 Å². The predicted octanol–water partition coefficient (Wildman–Crippen LogP) is 4.24. The van der Waals surface area contributed by atoms with Gasteiger partial charge in [-0.1, -0.05) is 36.4 Å². The number of aromatic hydroxyl groups is 1. The zero-order valence-corrected chi connectivity index (χ0v) is 20.1. The Morgan fingerprint density at radius 3 is 2.62 bits per heavy atom. The van der Waals surface area contributed by atoms with Crippen LogP contribution in [0.3, 0.4) is 0 Å². The van der Waals surface area contributed by atoms with Crippen LogP contribution in [-0.4, -0.2) is 58.9 Å². The molecule has 0 saturated carbocycles. The molecular formula is C27H31N3O3S. The molecule has 1 unspecified atom stereocenters. The Hall–Kier alpha value is -2.90. The maximum atomic E-state index is 13.3. The van der Waals surface area contributed by atoms with E-state index in [0.29, 0.717) is 30.8 Å². The second kappa shape index (κ2) is 10.2. The van der Waals surface area contributed by atoms with Gasteiger partial charge >= 0.3 is 0 Å². The van der Waals surface area contributed by atoms with Gasteiger partial charge < -0.3 is 15.3 Å². The number of thiophene rings is 1. The largest absolute Gasteiger partial charge is 0.506 e. The SMILES string of the molecule is O=C(NCC1CCN(Cc2cccs2)CC1)C1CCCN1C(=O)c1ccc2ccccc2c1O. The van der Waals surface area contributed by atoms with Crippen LogP contribution >= 0.6 is 11.3 Å². The van der Waals surface area contributed by atoms with Crippen molar-refractivity contribution < 1.29 is 14.7 Å². The molecular weight excluding hydrogens is 446 g/mol. The molecule has 0 radical (unpaired) electrons. The van der Waals surface area contributed by atoms with Crippen molar-refractivity contribution in [2.45, 2.75) is 38.3 Å². The minimum absolute atomic E-state index is 0.0107. The van der Waals surface area contributed by atoms with Crippen LogP contribution in [0.15, 0.2) is 53.9 Å². The summed E-state index contributed by atoms with van der Waals surface area (Å²) >= 11 is 1.80. The second-order valence-electron chi connectivity index (χ2n) is 9.38. The monoisotopic (exact) mass is 477 g/mol. The number of fused-ring (bicyclic) bond motifs is 1.